The second-order valence-corrected chi connectivity index (χ2v) is 6.28. The Labute approximate surface area is 166 Å². The number of aliphatic hydroxyl groups excluding tert-OH is 1. The van der Waals surface area contributed by atoms with E-state index in [1.807, 2.05) is 0 Å². The van der Waals surface area contributed by atoms with Gasteiger partial charge in [-0.1, -0.05) is 20.6 Å². The van der Waals surface area contributed by atoms with E-state index in [4.69, 9.17) is 30.0 Å². The fourth-order valence-electron chi connectivity index (χ4n) is 3.24. The number of rotatable bonds is 3. The fourth-order valence-corrected chi connectivity index (χ4v) is 3.24. The van der Waals surface area contributed by atoms with Crippen LogP contribution in [0.1, 0.15) is 71.2 Å². The average molecular weight is 349 g/mol. The van der Waals surface area contributed by atoms with E-state index < -0.39 is 76.4 Å². The van der Waals surface area contributed by atoms with Crippen LogP contribution in [0.2, 0.25) is 0 Å². The van der Waals surface area contributed by atoms with Crippen molar-refractivity contribution in [2.75, 3.05) is 27.2 Å². The molecule has 0 aliphatic carbocycles. The number of methoxy groups -OCH3 is 2. The third-order valence-corrected chi connectivity index (χ3v) is 4.31. The maximum Gasteiger partial charge on any atom is 0.161 e. The van der Waals surface area contributed by atoms with E-state index in [0.29, 0.717) is 0 Å². The number of ether oxygens (including phenoxy) is 2. The van der Waals surface area contributed by atoms with Gasteiger partial charge in [0.05, 0.1) is 24.4 Å². The monoisotopic (exact) mass is 348 g/mol. The van der Waals surface area contributed by atoms with Crippen molar-refractivity contribution in [1.82, 2.24) is 4.90 Å². The number of hydrogen-bond acceptors (Lipinski definition) is 4. The first-order valence-corrected chi connectivity index (χ1v) is 7.62. The van der Waals surface area contributed by atoms with Crippen LogP contribution in [0.3, 0.4) is 0 Å². The van der Waals surface area contributed by atoms with Gasteiger partial charge in [0.1, 0.15) is 0 Å². The Balaban J connectivity index is 2.20. The van der Waals surface area contributed by atoms with Crippen LogP contribution in [0.15, 0.2) is 12.1 Å². The van der Waals surface area contributed by atoms with Crippen LogP contribution in [0.5, 0.6) is 11.5 Å². The Morgan fingerprint density at radius 2 is 2.21 bits per heavy atom. The summed E-state index contributed by atoms with van der Waals surface area (Å²) in [6.45, 7) is -9.55. The predicted molar refractivity (Wildman–Crippen MR) is 95.7 cm³/mol. The van der Waals surface area contributed by atoms with Crippen LogP contribution >= 0.6 is 0 Å². The largest absolute Gasteiger partial charge is 0.493 e. The number of benzene rings is 1. The molecule has 0 amide bonds. The van der Waals surface area contributed by atoms with Gasteiger partial charge in [0.25, 0.3) is 0 Å². The molecule has 0 aromatic heterocycles. The van der Waals surface area contributed by atoms with Gasteiger partial charge < -0.3 is 14.6 Å². The molecular weight excluding hydrogens is 302 g/mol. The summed E-state index contributed by atoms with van der Waals surface area (Å²) in [6.07, 6.45) is -8.01. The molecule has 3 atom stereocenters. The average Bonchev–Trinajstić information content (AvgIpc) is 2.73. The van der Waals surface area contributed by atoms with Crippen molar-refractivity contribution in [3.05, 3.63) is 23.3 Å². The maximum atomic E-state index is 11.1. The van der Waals surface area contributed by atoms with Gasteiger partial charge in [-0.05, 0) is 53.8 Å². The zero-order chi connectivity index (χ0) is 30.4. The number of fused-ring (bicyclic) bond motifs is 3. The lowest BCUT2D eigenvalue weighted by molar-refractivity contribution is -0.0259. The number of nitrogens with zero attached hydrogens (tertiary/aromatic N) is 1. The van der Waals surface area contributed by atoms with Crippen LogP contribution < -0.4 is 9.47 Å². The Morgan fingerprint density at radius 1 is 1.42 bits per heavy atom. The van der Waals surface area contributed by atoms with E-state index in [1.165, 1.54) is 13.2 Å². The summed E-state index contributed by atoms with van der Waals surface area (Å²) in [6, 6.07) is 1.16. The highest BCUT2D eigenvalue weighted by atomic mass is 16.5. The van der Waals surface area contributed by atoms with Gasteiger partial charge >= 0.3 is 0 Å². The van der Waals surface area contributed by atoms with Crippen molar-refractivity contribution in [2.24, 2.45) is 11.3 Å². The SMILES string of the molecule is [2H]C([2H])([2H])Oc1cc2c(cc1OC)C([2H])([2H])C([2H])([2H])N1CC(C([2H])([2H])C(C)(C([2H])([2H])[2H])C([2H])([2H])[2H])C(O)CC21. The Hall–Kier alpha value is -1.26. The van der Waals surface area contributed by atoms with E-state index in [2.05, 4.69) is 0 Å². The summed E-state index contributed by atoms with van der Waals surface area (Å²) < 4.78 is 132. The molecule has 1 N–H and O–H groups in total. The minimum atomic E-state index is -3.35. The molecular formula is C20H31NO3. The van der Waals surface area contributed by atoms with Gasteiger partial charge in [-0.3, -0.25) is 4.90 Å². The standard InChI is InChI=1S/C20H31NO3/c1-20(2,3)11-14-12-21-7-6-13-8-18(23-4)19(24-5)9-15(13)16(21)10-17(14)22/h8-9,14,16-17,22H,6-7,10-12H2,1-5H3/i1D3,2D3,5D3,6D2,7D2,11D2. The first-order valence-electron chi connectivity index (χ1n) is 15.1. The minimum Gasteiger partial charge on any atom is -0.493 e. The second-order valence-electron chi connectivity index (χ2n) is 6.28. The van der Waals surface area contributed by atoms with Crippen molar-refractivity contribution >= 4 is 0 Å². The van der Waals surface area contributed by atoms with Crippen molar-refractivity contribution < 1.29 is 35.1 Å². The lowest BCUT2D eigenvalue weighted by atomic mass is 9.75. The molecule has 0 radical (unpaired) electrons. The molecule has 24 heavy (non-hydrogen) atoms. The molecule has 0 spiro atoms. The quantitative estimate of drug-likeness (QED) is 0.909. The van der Waals surface area contributed by atoms with E-state index in [0.717, 1.165) is 17.9 Å². The number of hydrogen-bond donors (Lipinski definition) is 1. The van der Waals surface area contributed by atoms with Crippen LogP contribution in [-0.2, 0) is 6.37 Å². The zero-order valence-corrected chi connectivity index (χ0v) is 13.5. The molecule has 4 heteroatoms. The smallest absolute Gasteiger partial charge is 0.161 e. The van der Waals surface area contributed by atoms with Crippen molar-refractivity contribution in [1.29, 1.82) is 0 Å². The molecule has 3 unspecified atom stereocenters. The highest BCUT2D eigenvalue weighted by Crippen LogP contribution is 2.44. The van der Waals surface area contributed by atoms with E-state index >= 15 is 0 Å². The number of aliphatic hydroxyl groups is 1. The summed E-state index contributed by atoms with van der Waals surface area (Å²) in [7, 11) is -1.72. The molecule has 1 fully saturated rings. The maximum absolute atomic E-state index is 11.1. The highest BCUT2D eigenvalue weighted by Gasteiger charge is 2.39. The molecule has 1 aromatic rings. The minimum absolute atomic E-state index is 0.0580. The van der Waals surface area contributed by atoms with Crippen LogP contribution in [0.4, 0.5) is 0 Å². The van der Waals surface area contributed by atoms with Crippen LogP contribution in [0.25, 0.3) is 0 Å². The molecule has 134 valence electrons. The highest BCUT2D eigenvalue weighted by molar-refractivity contribution is 5.49. The second kappa shape index (κ2) is 6.57. The van der Waals surface area contributed by atoms with Crippen LogP contribution in [-0.4, -0.2) is 43.3 Å². The summed E-state index contributed by atoms with van der Waals surface area (Å²) in [4.78, 5) is 0.926. The van der Waals surface area contributed by atoms with E-state index in [9.17, 15) is 5.11 Å². The summed E-state index contributed by atoms with van der Waals surface area (Å²) in [5.74, 6) is -2.21. The van der Waals surface area contributed by atoms with Crippen molar-refractivity contribution in [3.8, 4) is 11.5 Å². The van der Waals surface area contributed by atoms with E-state index in [-0.39, 0.29) is 22.6 Å². The Kier molecular flexibility index (Phi) is 1.86. The third kappa shape index (κ3) is 3.40. The van der Waals surface area contributed by atoms with Gasteiger partial charge in [-0.2, -0.15) is 0 Å². The third-order valence-electron chi connectivity index (χ3n) is 4.31. The van der Waals surface area contributed by atoms with Crippen molar-refractivity contribution in [3.63, 3.8) is 0 Å². The number of aryl methyl sites for hydroxylation is 1. The number of piperidine rings is 1. The molecule has 2 heterocycles. The molecule has 1 aromatic carbocycles. The molecule has 4 nitrogen and oxygen atoms in total. The van der Waals surface area contributed by atoms with Gasteiger partial charge in [0.2, 0.25) is 0 Å². The zero-order valence-electron chi connectivity index (χ0n) is 28.5. The summed E-state index contributed by atoms with van der Waals surface area (Å²) >= 11 is 0. The molecule has 2 aliphatic heterocycles. The lowest BCUT2D eigenvalue weighted by Gasteiger charge is -2.47. The van der Waals surface area contributed by atoms with Gasteiger partial charge in [-0.15, -0.1) is 0 Å². The molecule has 1 saturated heterocycles. The lowest BCUT2D eigenvalue weighted by Crippen LogP contribution is -2.48. The normalized spacial score (nSPS) is 43.0. The first kappa shape index (κ1) is 6.81. The molecule has 3 rings (SSSR count). The van der Waals surface area contributed by atoms with Crippen LogP contribution in [0, 0.1) is 11.3 Å². The van der Waals surface area contributed by atoms with E-state index in [1.54, 1.807) is 0 Å². The fraction of sp³-hybridized carbons (Fsp3) is 0.700. The molecule has 0 saturated carbocycles. The summed E-state index contributed by atoms with van der Waals surface area (Å²) in [5.41, 5.74) is -3.12. The first-order chi connectivity index (χ1) is 17.3. The predicted octanol–water partition coefficient (Wildman–Crippen LogP) is 3.42. The Morgan fingerprint density at radius 3 is 2.92 bits per heavy atom. The summed E-state index contributed by atoms with van der Waals surface area (Å²) in [5, 5.41) is 11.1. The molecule has 2 aliphatic rings. The topological polar surface area (TPSA) is 41.9 Å². The van der Waals surface area contributed by atoms with Gasteiger partial charge in [-0.25, -0.2) is 0 Å². The van der Waals surface area contributed by atoms with Crippen molar-refractivity contribution in [2.45, 2.75) is 51.9 Å². The van der Waals surface area contributed by atoms with Gasteiger partial charge in [0.15, 0.2) is 11.5 Å². The molecule has 0 bridgehead atoms. The van der Waals surface area contributed by atoms with Gasteiger partial charge in [0, 0.05) is 35.5 Å². The Bertz CT molecular complexity index is 1080.